The molecule has 2 aromatic carbocycles. The van der Waals surface area contributed by atoms with Crippen molar-refractivity contribution in [2.75, 3.05) is 20.8 Å². The van der Waals surface area contributed by atoms with E-state index in [9.17, 15) is 9.59 Å². The Bertz CT molecular complexity index is 1550. The second kappa shape index (κ2) is 11.1. The van der Waals surface area contributed by atoms with Crippen LogP contribution in [0.15, 0.2) is 61.9 Å². The van der Waals surface area contributed by atoms with Crippen molar-refractivity contribution in [1.29, 1.82) is 0 Å². The number of aromatic nitrogens is 1. The molecule has 0 radical (unpaired) electrons. The van der Waals surface area contributed by atoms with Gasteiger partial charge < -0.3 is 14.2 Å². The minimum Gasteiger partial charge on any atom is -0.496 e. The summed E-state index contributed by atoms with van der Waals surface area (Å²) in [5.41, 5.74) is 3.35. The third-order valence-corrected chi connectivity index (χ3v) is 7.83. The summed E-state index contributed by atoms with van der Waals surface area (Å²) in [4.78, 5) is 32.1. The molecule has 0 N–H and O–H groups in total. The van der Waals surface area contributed by atoms with Crippen molar-refractivity contribution in [2.45, 2.75) is 39.7 Å². The minimum atomic E-state index is -0.650. The molecule has 1 aromatic heterocycles. The SMILES string of the molecule is CCOC(=O)C1=C(C)N=c2s/c(=C\c3cc(Br)c(OC)cc3OC)c(=O)n2[C@H]1c1ccc(C(C)C)cc1. The highest BCUT2D eigenvalue weighted by atomic mass is 79.9. The average molecular weight is 586 g/mol. The molecular formula is C28H29BrN2O5S. The van der Waals surface area contributed by atoms with Crippen LogP contribution in [-0.4, -0.2) is 31.4 Å². The summed E-state index contributed by atoms with van der Waals surface area (Å²) < 4.78 is 19.1. The number of methoxy groups -OCH3 is 2. The highest BCUT2D eigenvalue weighted by molar-refractivity contribution is 9.10. The number of nitrogens with zero attached hydrogens (tertiary/aromatic N) is 2. The summed E-state index contributed by atoms with van der Waals surface area (Å²) in [5, 5.41) is 0. The molecule has 0 fully saturated rings. The molecule has 0 aliphatic carbocycles. The number of esters is 1. The molecular weight excluding hydrogens is 556 g/mol. The first-order chi connectivity index (χ1) is 17.7. The van der Waals surface area contributed by atoms with E-state index in [1.807, 2.05) is 30.3 Å². The third kappa shape index (κ3) is 5.15. The second-order valence-corrected chi connectivity index (χ2v) is 10.7. The van der Waals surface area contributed by atoms with E-state index in [2.05, 4.69) is 34.8 Å². The lowest BCUT2D eigenvalue weighted by Gasteiger charge is -2.25. The Morgan fingerprint density at radius 3 is 2.43 bits per heavy atom. The normalized spacial score (nSPS) is 15.5. The molecule has 0 bridgehead atoms. The Hall–Kier alpha value is -3.17. The molecule has 7 nitrogen and oxygen atoms in total. The van der Waals surface area contributed by atoms with E-state index in [0.29, 0.717) is 43.6 Å². The summed E-state index contributed by atoms with van der Waals surface area (Å²) in [6.45, 7) is 8.01. The zero-order valence-electron chi connectivity index (χ0n) is 21.6. The molecule has 0 amide bonds. The number of halogens is 1. The van der Waals surface area contributed by atoms with Crippen LogP contribution in [0.25, 0.3) is 6.08 Å². The fourth-order valence-corrected chi connectivity index (χ4v) is 5.87. The molecule has 0 saturated carbocycles. The molecule has 194 valence electrons. The van der Waals surface area contributed by atoms with E-state index in [1.54, 1.807) is 44.8 Å². The topological polar surface area (TPSA) is 79.1 Å². The Balaban J connectivity index is 1.95. The number of allylic oxidation sites excluding steroid dienone is 1. The van der Waals surface area contributed by atoms with Gasteiger partial charge in [0, 0.05) is 11.6 Å². The second-order valence-electron chi connectivity index (χ2n) is 8.85. The Morgan fingerprint density at radius 2 is 1.84 bits per heavy atom. The zero-order valence-corrected chi connectivity index (χ0v) is 24.0. The number of carbonyl (C=O) groups is 1. The number of benzene rings is 2. The van der Waals surface area contributed by atoms with Crippen LogP contribution in [0.1, 0.15) is 56.3 Å². The van der Waals surface area contributed by atoms with Crippen LogP contribution < -0.4 is 24.4 Å². The predicted octanol–water partition coefficient (Wildman–Crippen LogP) is 4.70. The number of ether oxygens (including phenoxy) is 3. The van der Waals surface area contributed by atoms with Crippen LogP contribution in [0.2, 0.25) is 0 Å². The van der Waals surface area contributed by atoms with Crippen LogP contribution >= 0.6 is 27.3 Å². The number of hydrogen-bond acceptors (Lipinski definition) is 7. The highest BCUT2D eigenvalue weighted by Crippen LogP contribution is 2.34. The van der Waals surface area contributed by atoms with Gasteiger partial charge in [-0.1, -0.05) is 49.4 Å². The monoisotopic (exact) mass is 584 g/mol. The van der Waals surface area contributed by atoms with Gasteiger partial charge in [0.15, 0.2) is 4.80 Å². The van der Waals surface area contributed by atoms with Crippen molar-refractivity contribution in [3.63, 3.8) is 0 Å². The summed E-state index contributed by atoms with van der Waals surface area (Å²) >= 11 is 4.77. The minimum absolute atomic E-state index is 0.227. The molecule has 1 aliphatic heterocycles. The van der Waals surface area contributed by atoms with Crippen LogP contribution in [-0.2, 0) is 9.53 Å². The number of carbonyl (C=O) groups excluding carboxylic acids is 1. The molecule has 0 spiro atoms. The van der Waals surface area contributed by atoms with E-state index in [-0.39, 0.29) is 12.2 Å². The van der Waals surface area contributed by atoms with Gasteiger partial charge in [0.1, 0.15) is 11.5 Å². The lowest BCUT2D eigenvalue weighted by atomic mass is 9.93. The van der Waals surface area contributed by atoms with E-state index < -0.39 is 12.0 Å². The van der Waals surface area contributed by atoms with Crippen LogP contribution in [0.4, 0.5) is 0 Å². The maximum atomic E-state index is 13.8. The number of thiazole rings is 1. The largest absolute Gasteiger partial charge is 0.496 e. The molecule has 0 saturated heterocycles. The predicted molar refractivity (Wildman–Crippen MR) is 148 cm³/mol. The van der Waals surface area contributed by atoms with Gasteiger partial charge in [-0.2, -0.15) is 0 Å². The quantitative estimate of drug-likeness (QED) is 0.376. The summed E-state index contributed by atoms with van der Waals surface area (Å²) in [6.07, 6.45) is 1.77. The Morgan fingerprint density at radius 1 is 1.16 bits per heavy atom. The standard InChI is InChI=1S/C28H29BrN2O5S/c1-7-36-27(33)24-16(4)30-28-31(25(24)18-10-8-17(9-11-18)15(2)3)26(32)23(37-28)13-19-12-20(29)22(35-6)14-21(19)34-5/h8-15,25H,7H2,1-6H3/b23-13-/t25-/m0/s1. The van der Waals surface area contributed by atoms with E-state index in [4.69, 9.17) is 14.2 Å². The van der Waals surface area contributed by atoms with Gasteiger partial charge in [-0.05, 0) is 59.0 Å². The van der Waals surface area contributed by atoms with Crippen molar-refractivity contribution in [2.24, 2.45) is 4.99 Å². The highest BCUT2D eigenvalue weighted by Gasteiger charge is 2.33. The Labute approximate surface area is 227 Å². The fourth-order valence-electron chi connectivity index (χ4n) is 4.31. The van der Waals surface area contributed by atoms with E-state index in [1.165, 1.54) is 16.9 Å². The van der Waals surface area contributed by atoms with Gasteiger partial charge in [0.25, 0.3) is 5.56 Å². The molecule has 0 unspecified atom stereocenters. The fraction of sp³-hybridized carbons (Fsp3) is 0.321. The number of hydrogen-bond donors (Lipinski definition) is 0. The molecule has 3 aromatic rings. The third-order valence-electron chi connectivity index (χ3n) is 6.23. The smallest absolute Gasteiger partial charge is 0.338 e. The maximum Gasteiger partial charge on any atom is 0.338 e. The van der Waals surface area contributed by atoms with Gasteiger partial charge in [0.05, 0.1) is 47.1 Å². The van der Waals surface area contributed by atoms with Crippen molar-refractivity contribution < 1.29 is 19.0 Å². The van der Waals surface area contributed by atoms with Crippen LogP contribution in [0.5, 0.6) is 11.5 Å². The van der Waals surface area contributed by atoms with Gasteiger partial charge in [-0.15, -0.1) is 0 Å². The van der Waals surface area contributed by atoms with Crippen molar-refractivity contribution in [1.82, 2.24) is 4.57 Å². The molecule has 1 aliphatic rings. The van der Waals surface area contributed by atoms with Gasteiger partial charge in [-0.3, -0.25) is 9.36 Å². The number of rotatable bonds is 7. The molecule has 1 atom stereocenters. The van der Waals surface area contributed by atoms with Crippen LogP contribution in [0, 0.1) is 0 Å². The first kappa shape index (κ1) is 26.9. The van der Waals surface area contributed by atoms with Crippen molar-refractivity contribution >= 4 is 39.3 Å². The zero-order chi connectivity index (χ0) is 26.9. The molecule has 9 heteroatoms. The average Bonchev–Trinajstić information content (AvgIpc) is 3.17. The first-order valence-corrected chi connectivity index (χ1v) is 13.5. The lowest BCUT2D eigenvalue weighted by Crippen LogP contribution is -2.39. The maximum absolute atomic E-state index is 13.8. The summed E-state index contributed by atoms with van der Waals surface area (Å²) in [6, 6.07) is 11.0. The van der Waals surface area contributed by atoms with Crippen LogP contribution in [0.3, 0.4) is 0 Å². The molecule has 2 heterocycles. The number of fused-ring (bicyclic) bond motifs is 1. The first-order valence-electron chi connectivity index (χ1n) is 11.9. The molecule has 4 rings (SSSR count). The summed E-state index contributed by atoms with van der Waals surface area (Å²) in [7, 11) is 3.14. The van der Waals surface area contributed by atoms with Gasteiger partial charge in [0.2, 0.25) is 0 Å². The Kier molecular flexibility index (Phi) is 8.04. The van der Waals surface area contributed by atoms with E-state index in [0.717, 1.165) is 10.0 Å². The summed E-state index contributed by atoms with van der Waals surface area (Å²) in [5.74, 6) is 1.07. The lowest BCUT2D eigenvalue weighted by molar-refractivity contribution is -0.139. The van der Waals surface area contributed by atoms with Gasteiger partial charge >= 0.3 is 5.97 Å². The van der Waals surface area contributed by atoms with Gasteiger partial charge in [-0.25, -0.2) is 9.79 Å². The molecule has 37 heavy (non-hydrogen) atoms. The van der Waals surface area contributed by atoms with Crippen molar-refractivity contribution in [3.05, 3.63) is 88.5 Å². The van der Waals surface area contributed by atoms with Crippen molar-refractivity contribution in [3.8, 4) is 11.5 Å². The van der Waals surface area contributed by atoms with E-state index >= 15 is 0 Å².